The Morgan fingerprint density at radius 3 is 2.75 bits per heavy atom. The molecule has 1 aliphatic rings. The summed E-state index contributed by atoms with van der Waals surface area (Å²) in [7, 11) is 1.51. The standard InChI is InChI=1S/C22H26FN7O2/c1-32-20-9-5-8-18(23)17(20)12-26-21-19(13-30(29-21)16-6-3-2-4-7-16)27-28-22(31)15-10-24-14-25-11-15/h5,8-11,13-14,16,27H,2-4,6-7,12H2,1H3,(H,26,29)(H,28,31). The summed E-state index contributed by atoms with van der Waals surface area (Å²) in [6.07, 6.45) is 11.7. The Balaban J connectivity index is 1.53. The summed E-state index contributed by atoms with van der Waals surface area (Å²) in [5, 5.41) is 7.87. The molecule has 0 aliphatic heterocycles. The third-order valence-electron chi connectivity index (χ3n) is 5.54. The van der Waals surface area contributed by atoms with Gasteiger partial charge in [0.2, 0.25) is 0 Å². The Morgan fingerprint density at radius 2 is 2.00 bits per heavy atom. The molecular weight excluding hydrogens is 413 g/mol. The van der Waals surface area contributed by atoms with Crippen LogP contribution >= 0.6 is 0 Å². The van der Waals surface area contributed by atoms with Crippen LogP contribution in [-0.2, 0) is 6.54 Å². The molecule has 0 spiro atoms. The number of anilines is 2. The number of methoxy groups -OCH3 is 1. The number of carbonyl (C=O) groups excluding carboxylic acids is 1. The maximum Gasteiger partial charge on any atom is 0.272 e. The highest BCUT2D eigenvalue weighted by molar-refractivity contribution is 5.94. The van der Waals surface area contributed by atoms with Gasteiger partial charge in [-0.15, -0.1) is 0 Å². The summed E-state index contributed by atoms with van der Waals surface area (Å²) in [5.74, 6) is 0.217. The number of hydrogen-bond donors (Lipinski definition) is 3. The molecule has 0 saturated heterocycles. The smallest absolute Gasteiger partial charge is 0.272 e. The van der Waals surface area contributed by atoms with Crippen molar-refractivity contribution in [1.82, 2.24) is 25.2 Å². The van der Waals surface area contributed by atoms with Gasteiger partial charge in [-0.3, -0.25) is 20.3 Å². The van der Waals surface area contributed by atoms with E-state index in [1.807, 2.05) is 10.9 Å². The lowest BCUT2D eigenvalue weighted by molar-refractivity contribution is 0.0962. The van der Waals surface area contributed by atoms with Gasteiger partial charge in [-0.2, -0.15) is 5.10 Å². The van der Waals surface area contributed by atoms with Crippen molar-refractivity contribution in [3.05, 3.63) is 60.1 Å². The lowest BCUT2D eigenvalue weighted by Gasteiger charge is -2.21. The molecule has 1 aliphatic carbocycles. The highest BCUT2D eigenvalue weighted by Crippen LogP contribution is 2.31. The molecule has 1 aromatic carbocycles. The minimum absolute atomic E-state index is 0.173. The fourth-order valence-corrected chi connectivity index (χ4v) is 3.83. The van der Waals surface area contributed by atoms with Gasteiger partial charge in [0.25, 0.3) is 5.91 Å². The Morgan fingerprint density at radius 1 is 1.22 bits per heavy atom. The number of carbonyl (C=O) groups is 1. The second kappa shape index (κ2) is 10.1. The van der Waals surface area contributed by atoms with Crippen LogP contribution in [0.15, 0.2) is 43.1 Å². The molecular formula is C22H26FN7O2. The van der Waals surface area contributed by atoms with Crippen molar-refractivity contribution in [2.24, 2.45) is 0 Å². The maximum atomic E-state index is 14.3. The van der Waals surface area contributed by atoms with Gasteiger partial charge in [-0.05, 0) is 25.0 Å². The molecule has 1 saturated carbocycles. The zero-order chi connectivity index (χ0) is 22.3. The van der Waals surface area contributed by atoms with Gasteiger partial charge >= 0.3 is 0 Å². The van der Waals surface area contributed by atoms with E-state index < -0.39 is 0 Å². The van der Waals surface area contributed by atoms with E-state index in [2.05, 4.69) is 31.2 Å². The molecule has 2 aromatic heterocycles. The first-order chi connectivity index (χ1) is 15.7. The highest BCUT2D eigenvalue weighted by atomic mass is 19.1. The quantitative estimate of drug-likeness (QED) is 0.460. The van der Waals surface area contributed by atoms with E-state index in [-0.39, 0.29) is 18.3 Å². The molecule has 0 unspecified atom stereocenters. The van der Waals surface area contributed by atoms with E-state index >= 15 is 0 Å². The minimum Gasteiger partial charge on any atom is -0.496 e. The highest BCUT2D eigenvalue weighted by Gasteiger charge is 2.20. The molecule has 1 amide bonds. The van der Waals surface area contributed by atoms with Crippen molar-refractivity contribution < 1.29 is 13.9 Å². The number of nitrogens with one attached hydrogen (secondary N) is 3. The second-order valence-electron chi connectivity index (χ2n) is 7.64. The van der Waals surface area contributed by atoms with Gasteiger partial charge in [0.1, 0.15) is 23.6 Å². The minimum atomic E-state index is -0.377. The number of hydrogen-bond acceptors (Lipinski definition) is 7. The van der Waals surface area contributed by atoms with Crippen LogP contribution in [-0.4, -0.2) is 32.8 Å². The number of benzene rings is 1. The van der Waals surface area contributed by atoms with E-state index in [9.17, 15) is 9.18 Å². The van der Waals surface area contributed by atoms with Crippen LogP contribution in [0, 0.1) is 5.82 Å². The molecule has 1 fully saturated rings. The average molecular weight is 439 g/mol. The number of amides is 1. The Kier molecular flexibility index (Phi) is 6.78. The molecule has 168 valence electrons. The Bertz CT molecular complexity index is 1050. The summed E-state index contributed by atoms with van der Waals surface area (Å²) in [6.45, 7) is 0.173. The van der Waals surface area contributed by atoms with E-state index in [4.69, 9.17) is 4.74 Å². The molecule has 0 bridgehead atoms. The zero-order valence-corrected chi connectivity index (χ0v) is 17.8. The molecule has 32 heavy (non-hydrogen) atoms. The van der Waals surface area contributed by atoms with E-state index in [0.29, 0.717) is 34.4 Å². The van der Waals surface area contributed by atoms with Gasteiger partial charge in [0, 0.05) is 24.5 Å². The van der Waals surface area contributed by atoms with Crippen LogP contribution in [0.5, 0.6) is 5.75 Å². The Labute approximate surface area is 185 Å². The topological polar surface area (TPSA) is 106 Å². The molecule has 10 heteroatoms. The van der Waals surface area contributed by atoms with Crippen LogP contribution in [0.1, 0.15) is 54.1 Å². The lowest BCUT2D eigenvalue weighted by Crippen LogP contribution is -2.29. The van der Waals surface area contributed by atoms with Crippen LogP contribution in [0.3, 0.4) is 0 Å². The molecule has 3 N–H and O–H groups in total. The third-order valence-corrected chi connectivity index (χ3v) is 5.54. The van der Waals surface area contributed by atoms with Crippen molar-refractivity contribution in [1.29, 1.82) is 0 Å². The maximum absolute atomic E-state index is 14.3. The molecule has 0 radical (unpaired) electrons. The van der Waals surface area contributed by atoms with Crippen LogP contribution < -0.4 is 20.9 Å². The van der Waals surface area contributed by atoms with Crippen molar-refractivity contribution in [3.8, 4) is 5.75 Å². The summed E-state index contributed by atoms with van der Waals surface area (Å²) in [5.41, 5.74) is 6.87. The third kappa shape index (κ3) is 4.96. The summed E-state index contributed by atoms with van der Waals surface area (Å²) in [6, 6.07) is 5.00. The predicted molar refractivity (Wildman–Crippen MR) is 118 cm³/mol. The first-order valence-corrected chi connectivity index (χ1v) is 10.6. The van der Waals surface area contributed by atoms with Crippen molar-refractivity contribution in [2.75, 3.05) is 17.9 Å². The Hall–Kier alpha value is -3.69. The number of rotatable bonds is 8. The largest absolute Gasteiger partial charge is 0.496 e. The van der Waals surface area contributed by atoms with Gasteiger partial charge in [0.05, 0.1) is 24.9 Å². The van der Waals surface area contributed by atoms with Gasteiger partial charge < -0.3 is 10.1 Å². The molecule has 0 atom stereocenters. The lowest BCUT2D eigenvalue weighted by atomic mass is 9.96. The fourth-order valence-electron chi connectivity index (χ4n) is 3.83. The number of halogens is 1. The molecule has 9 nitrogen and oxygen atoms in total. The van der Waals surface area contributed by atoms with Gasteiger partial charge in [-0.25, -0.2) is 14.4 Å². The summed E-state index contributed by atoms with van der Waals surface area (Å²) >= 11 is 0. The van der Waals surface area contributed by atoms with Crippen molar-refractivity contribution in [3.63, 3.8) is 0 Å². The molecule has 4 rings (SSSR count). The molecule has 3 aromatic rings. The number of hydrazine groups is 1. The SMILES string of the molecule is COc1cccc(F)c1CNc1nn(C2CCCCC2)cc1NNC(=O)c1cncnc1. The van der Waals surface area contributed by atoms with Crippen molar-refractivity contribution in [2.45, 2.75) is 44.7 Å². The van der Waals surface area contributed by atoms with Gasteiger partial charge in [-0.1, -0.05) is 25.3 Å². The average Bonchev–Trinajstić information content (AvgIpc) is 3.25. The monoisotopic (exact) mass is 439 g/mol. The number of aromatic nitrogens is 4. The van der Waals surface area contributed by atoms with Gasteiger partial charge in [0.15, 0.2) is 5.82 Å². The summed E-state index contributed by atoms with van der Waals surface area (Å²) in [4.78, 5) is 20.1. The van der Waals surface area contributed by atoms with Crippen molar-refractivity contribution >= 4 is 17.4 Å². The first-order valence-electron chi connectivity index (χ1n) is 10.6. The molecule has 2 heterocycles. The first kappa shape index (κ1) is 21.5. The zero-order valence-electron chi connectivity index (χ0n) is 17.8. The van der Waals surface area contributed by atoms with E-state index in [0.717, 1.165) is 25.7 Å². The van der Waals surface area contributed by atoms with Crippen LogP contribution in [0.2, 0.25) is 0 Å². The number of nitrogens with zero attached hydrogens (tertiary/aromatic N) is 4. The fraction of sp³-hybridized carbons (Fsp3) is 0.364. The van der Waals surface area contributed by atoms with E-state index in [1.54, 1.807) is 12.1 Å². The predicted octanol–water partition coefficient (Wildman–Crippen LogP) is 3.70. The normalized spacial score (nSPS) is 14.1. The van der Waals surface area contributed by atoms with Crippen LogP contribution in [0.4, 0.5) is 15.9 Å². The second-order valence-corrected chi connectivity index (χ2v) is 7.64. The van der Waals surface area contributed by atoms with E-state index in [1.165, 1.54) is 38.3 Å². The number of ether oxygens (including phenoxy) is 1. The summed E-state index contributed by atoms with van der Waals surface area (Å²) < 4.78 is 21.5. The van der Waals surface area contributed by atoms with Crippen LogP contribution in [0.25, 0.3) is 0 Å².